The highest BCUT2D eigenvalue weighted by Gasteiger charge is 2.17. The van der Waals surface area contributed by atoms with Crippen LogP contribution in [0.15, 0.2) is 66.4 Å². The lowest BCUT2D eigenvalue weighted by Crippen LogP contribution is -2.16. The minimum absolute atomic E-state index is 0.360. The van der Waals surface area contributed by atoms with E-state index in [1.54, 1.807) is 12.2 Å². The summed E-state index contributed by atoms with van der Waals surface area (Å²) in [6, 6.07) is 9.82. The molecule has 4 heteroatoms. The average molecular weight is 227 g/mol. The molecule has 86 valence electrons. The Morgan fingerprint density at radius 3 is 2.53 bits per heavy atom. The Bertz CT molecular complexity index is 452. The molecule has 0 saturated carbocycles. The van der Waals surface area contributed by atoms with Gasteiger partial charge in [-0.1, -0.05) is 36.4 Å². The molecule has 3 N–H and O–H groups in total. The summed E-state index contributed by atoms with van der Waals surface area (Å²) in [4.78, 5) is 0. The summed E-state index contributed by atoms with van der Waals surface area (Å²) < 4.78 is 0. The molecule has 1 atom stereocenters. The number of para-hydroxylation sites is 1. The first kappa shape index (κ1) is 11.7. The van der Waals surface area contributed by atoms with Gasteiger partial charge < -0.3 is 15.4 Å². The summed E-state index contributed by atoms with van der Waals surface area (Å²) in [5.41, 5.74) is 1.91. The van der Waals surface area contributed by atoms with Gasteiger partial charge in [0.15, 0.2) is 0 Å². The Balaban J connectivity index is 2.07. The monoisotopic (exact) mass is 227 g/mol. The number of hydrogen-bond donors (Lipinski definition) is 3. The van der Waals surface area contributed by atoms with Crippen molar-refractivity contribution in [3.8, 4) is 0 Å². The zero-order chi connectivity index (χ0) is 12.1. The Hall–Kier alpha value is -1.78. The van der Waals surface area contributed by atoms with Gasteiger partial charge in [-0.2, -0.15) is 0 Å². The molecular weight excluding hydrogens is 213 g/mol. The quantitative estimate of drug-likeness (QED) is 0.691. The molecule has 3 nitrogen and oxygen atoms in total. The Morgan fingerprint density at radius 2 is 1.82 bits per heavy atom. The van der Waals surface area contributed by atoms with Crippen LogP contribution < -0.4 is 5.32 Å². The van der Waals surface area contributed by atoms with Crippen molar-refractivity contribution in [3.63, 3.8) is 0 Å². The highest BCUT2D eigenvalue weighted by molar-refractivity contribution is 6.44. The van der Waals surface area contributed by atoms with Gasteiger partial charge in [0.05, 0.1) is 0 Å². The van der Waals surface area contributed by atoms with E-state index in [1.807, 2.05) is 48.6 Å². The normalized spacial score (nSPS) is 18.5. The molecule has 0 bridgehead atoms. The van der Waals surface area contributed by atoms with E-state index >= 15 is 0 Å². The maximum atomic E-state index is 9.09. The van der Waals surface area contributed by atoms with Gasteiger partial charge in [0, 0.05) is 17.2 Å². The minimum Gasteiger partial charge on any atom is -0.426 e. The molecule has 0 saturated heterocycles. The molecule has 1 unspecified atom stereocenters. The van der Waals surface area contributed by atoms with E-state index in [0.717, 1.165) is 11.4 Å². The standard InChI is InChI=1S/C13H14BNO2/c16-14(17)11-5-4-8-13(10-9-11)15-12-6-2-1-3-7-12/h1-11,15-17H. The first-order chi connectivity index (χ1) is 8.25. The van der Waals surface area contributed by atoms with Crippen LogP contribution in [0.25, 0.3) is 0 Å². The second kappa shape index (κ2) is 5.52. The lowest BCUT2D eigenvalue weighted by atomic mass is 9.73. The van der Waals surface area contributed by atoms with Crippen LogP contribution in [-0.4, -0.2) is 17.2 Å². The van der Waals surface area contributed by atoms with Gasteiger partial charge in [-0.15, -0.1) is 0 Å². The molecule has 0 aromatic heterocycles. The van der Waals surface area contributed by atoms with E-state index in [9.17, 15) is 0 Å². The van der Waals surface area contributed by atoms with Crippen molar-refractivity contribution in [2.24, 2.45) is 0 Å². The number of benzene rings is 1. The smallest absolute Gasteiger partial charge is 0.426 e. The summed E-state index contributed by atoms with van der Waals surface area (Å²) in [6.07, 6.45) is 9.06. The van der Waals surface area contributed by atoms with Crippen molar-refractivity contribution in [1.29, 1.82) is 0 Å². The zero-order valence-corrected chi connectivity index (χ0v) is 9.32. The molecule has 1 aliphatic carbocycles. The third-order valence-corrected chi connectivity index (χ3v) is 2.51. The van der Waals surface area contributed by atoms with Gasteiger partial charge in [0.2, 0.25) is 0 Å². The van der Waals surface area contributed by atoms with Crippen molar-refractivity contribution >= 4 is 12.8 Å². The van der Waals surface area contributed by atoms with E-state index < -0.39 is 7.12 Å². The summed E-state index contributed by atoms with van der Waals surface area (Å²) in [7, 11) is -1.35. The topological polar surface area (TPSA) is 52.5 Å². The van der Waals surface area contributed by atoms with Crippen molar-refractivity contribution in [3.05, 3.63) is 66.4 Å². The molecule has 0 aliphatic heterocycles. The maximum Gasteiger partial charge on any atom is 0.462 e. The third kappa shape index (κ3) is 3.34. The third-order valence-electron chi connectivity index (χ3n) is 2.51. The van der Waals surface area contributed by atoms with Crippen molar-refractivity contribution in [2.75, 3.05) is 5.32 Å². The highest BCUT2D eigenvalue weighted by Crippen LogP contribution is 2.18. The molecule has 0 spiro atoms. The van der Waals surface area contributed by atoms with Crippen LogP contribution in [0, 0.1) is 0 Å². The van der Waals surface area contributed by atoms with E-state index in [-0.39, 0.29) is 5.82 Å². The van der Waals surface area contributed by atoms with Gasteiger partial charge in [-0.3, -0.25) is 0 Å². The molecule has 0 fully saturated rings. The van der Waals surface area contributed by atoms with E-state index in [2.05, 4.69) is 5.32 Å². The molecule has 0 heterocycles. The van der Waals surface area contributed by atoms with Crippen LogP contribution in [0.1, 0.15) is 0 Å². The fourth-order valence-electron chi connectivity index (χ4n) is 1.59. The lowest BCUT2D eigenvalue weighted by molar-refractivity contribution is 0.402. The molecule has 1 aromatic rings. The Labute approximate surface area is 101 Å². The zero-order valence-electron chi connectivity index (χ0n) is 9.32. The summed E-state index contributed by atoms with van der Waals surface area (Å²) >= 11 is 0. The van der Waals surface area contributed by atoms with Crippen LogP contribution in [0.2, 0.25) is 5.82 Å². The fourth-order valence-corrected chi connectivity index (χ4v) is 1.59. The van der Waals surface area contributed by atoms with Crippen LogP contribution in [-0.2, 0) is 0 Å². The van der Waals surface area contributed by atoms with Crippen molar-refractivity contribution in [2.45, 2.75) is 5.82 Å². The number of rotatable bonds is 3. The number of anilines is 1. The average Bonchev–Trinajstić information content (AvgIpc) is 2.56. The van der Waals surface area contributed by atoms with Gasteiger partial charge in [-0.05, 0) is 24.3 Å². The minimum atomic E-state index is -1.35. The highest BCUT2D eigenvalue weighted by atomic mass is 16.4. The van der Waals surface area contributed by atoms with Gasteiger partial charge >= 0.3 is 7.12 Å². The van der Waals surface area contributed by atoms with Crippen molar-refractivity contribution < 1.29 is 10.0 Å². The Kier molecular flexibility index (Phi) is 3.80. The summed E-state index contributed by atoms with van der Waals surface area (Å²) in [5, 5.41) is 21.4. The van der Waals surface area contributed by atoms with Gasteiger partial charge in [0.25, 0.3) is 0 Å². The molecule has 0 radical (unpaired) electrons. The predicted octanol–water partition coefficient (Wildman–Crippen LogP) is 1.95. The second-order valence-corrected chi connectivity index (χ2v) is 3.85. The van der Waals surface area contributed by atoms with Crippen molar-refractivity contribution in [1.82, 2.24) is 0 Å². The molecule has 17 heavy (non-hydrogen) atoms. The molecule has 1 aromatic carbocycles. The largest absolute Gasteiger partial charge is 0.462 e. The number of allylic oxidation sites excluding steroid dienone is 5. The van der Waals surface area contributed by atoms with Gasteiger partial charge in [-0.25, -0.2) is 0 Å². The van der Waals surface area contributed by atoms with E-state index in [4.69, 9.17) is 10.0 Å². The molecule has 1 aliphatic rings. The molecule has 2 rings (SSSR count). The first-order valence-electron chi connectivity index (χ1n) is 5.50. The van der Waals surface area contributed by atoms with Crippen LogP contribution in [0.5, 0.6) is 0 Å². The molecule has 0 amide bonds. The van der Waals surface area contributed by atoms with E-state index in [0.29, 0.717) is 0 Å². The predicted molar refractivity (Wildman–Crippen MR) is 70.4 cm³/mol. The lowest BCUT2D eigenvalue weighted by Gasteiger charge is -2.06. The van der Waals surface area contributed by atoms with Gasteiger partial charge in [0.1, 0.15) is 0 Å². The second-order valence-electron chi connectivity index (χ2n) is 3.85. The van der Waals surface area contributed by atoms with Crippen LogP contribution >= 0.6 is 0 Å². The van der Waals surface area contributed by atoms with E-state index in [1.165, 1.54) is 0 Å². The first-order valence-corrected chi connectivity index (χ1v) is 5.50. The Morgan fingerprint density at radius 1 is 1.06 bits per heavy atom. The SMILES string of the molecule is OB(O)C1C=CC=C(Nc2ccccc2)C=C1. The maximum absolute atomic E-state index is 9.09. The number of nitrogens with one attached hydrogen (secondary N) is 1. The molecular formula is C13H14BNO2. The van der Waals surface area contributed by atoms with Crippen LogP contribution in [0.3, 0.4) is 0 Å². The van der Waals surface area contributed by atoms with Crippen LogP contribution in [0.4, 0.5) is 5.69 Å². The number of hydrogen-bond acceptors (Lipinski definition) is 3. The summed E-state index contributed by atoms with van der Waals surface area (Å²) in [6.45, 7) is 0. The summed E-state index contributed by atoms with van der Waals surface area (Å²) in [5.74, 6) is -0.360. The fraction of sp³-hybridized carbons (Fsp3) is 0.0769.